The highest BCUT2D eigenvalue weighted by atomic mass is 35.5. The fourth-order valence-corrected chi connectivity index (χ4v) is 3.72. The molecular formula is C18H12ClF3N2O3S. The predicted molar refractivity (Wildman–Crippen MR) is 97.5 cm³/mol. The molecule has 146 valence electrons. The summed E-state index contributed by atoms with van der Waals surface area (Å²) < 4.78 is 58.9. The number of alkyl halides is 3. The molecule has 5 nitrogen and oxygen atoms in total. The minimum Gasteiger partial charge on any atom is -0.420 e. The Hall–Kier alpha value is -2.65. The molecule has 1 unspecified atom stereocenters. The molecule has 28 heavy (non-hydrogen) atoms. The Bertz CT molecular complexity index is 1130. The van der Waals surface area contributed by atoms with Crippen molar-refractivity contribution >= 4 is 27.2 Å². The van der Waals surface area contributed by atoms with Gasteiger partial charge in [0.1, 0.15) is 5.69 Å². The van der Waals surface area contributed by atoms with E-state index in [2.05, 4.69) is 13.8 Å². The molecule has 1 aromatic heterocycles. The zero-order valence-corrected chi connectivity index (χ0v) is 15.8. The van der Waals surface area contributed by atoms with Gasteiger partial charge in [-0.05, 0) is 35.9 Å². The first-order chi connectivity index (χ1) is 13.1. The van der Waals surface area contributed by atoms with Crippen molar-refractivity contribution in [1.29, 1.82) is 0 Å². The number of nitrogens with zero attached hydrogens (tertiary/aromatic N) is 2. The maximum absolute atomic E-state index is 12.7. The predicted octanol–water partition coefficient (Wildman–Crippen LogP) is 5.31. The van der Waals surface area contributed by atoms with Crippen LogP contribution in [0, 0.1) is 0 Å². The Balaban J connectivity index is 1.89. The van der Waals surface area contributed by atoms with E-state index < -0.39 is 32.9 Å². The highest BCUT2D eigenvalue weighted by molar-refractivity contribution is 7.93. The van der Waals surface area contributed by atoms with Gasteiger partial charge in [0.25, 0.3) is 5.91 Å². The molecule has 0 aliphatic carbocycles. The smallest absolute Gasteiger partial charge is 0.420 e. The molecule has 3 aromatic rings. The Kier molecular flexibility index (Phi) is 5.31. The van der Waals surface area contributed by atoms with Crippen LogP contribution in [0.5, 0.6) is 0 Å². The Morgan fingerprint density at radius 1 is 1.11 bits per heavy atom. The monoisotopic (exact) mass is 428 g/mol. The number of hydrogen-bond acceptors (Lipinski definition) is 4. The van der Waals surface area contributed by atoms with Crippen LogP contribution in [0.3, 0.4) is 0 Å². The summed E-state index contributed by atoms with van der Waals surface area (Å²) in [6.45, 7) is 0. The molecule has 0 spiro atoms. The van der Waals surface area contributed by atoms with Gasteiger partial charge in [0.2, 0.25) is 5.22 Å². The molecule has 0 fully saturated rings. The summed E-state index contributed by atoms with van der Waals surface area (Å²) in [7, 11) is -2.94. The van der Waals surface area contributed by atoms with Crippen LogP contribution in [0.15, 0.2) is 68.3 Å². The van der Waals surface area contributed by atoms with E-state index in [0.717, 1.165) is 0 Å². The summed E-state index contributed by atoms with van der Waals surface area (Å²) >= 11 is 5.69. The van der Waals surface area contributed by atoms with Crippen molar-refractivity contribution in [2.75, 3.05) is 6.26 Å². The van der Waals surface area contributed by atoms with E-state index in [9.17, 15) is 22.2 Å². The van der Waals surface area contributed by atoms with E-state index >= 15 is 0 Å². The third-order valence-electron chi connectivity index (χ3n) is 3.67. The summed E-state index contributed by atoms with van der Waals surface area (Å²) in [5.74, 6) is -2.18. The minimum atomic E-state index is -4.77. The summed E-state index contributed by atoms with van der Waals surface area (Å²) in [6.07, 6.45) is -3.42. The molecule has 0 saturated carbocycles. The van der Waals surface area contributed by atoms with Gasteiger partial charge in [-0.2, -0.15) is 17.5 Å². The second kappa shape index (κ2) is 7.40. The number of amides is 1. The van der Waals surface area contributed by atoms with E-state index in [1.807, 2.05) is 0 Å². The van der Waals surface area contributed by atoms with Gasteiger partial charge in [-0.3, -0.25) is 4.79 Å². The normalized spacial score (nSPS) is 13.8. The van der Waals surface area contributed by atoms with Crippen LogP contribution in [0.25, 0.3) is 11.3 Å². The van der Waals surface area contributed by atoms with Crippen molar-refractivity contribution in [1.82, 2.24) is 4.98 Å². The molecule has 0 bridgehead atoms. The van der Waals surface area contributed by atoms with Crippen molar-refractivity contribution in [2.24, 2.45) is 4.36 Å². The average molecular weight is 429 g/mol. The lowest BCUT2D eigenvalue weighted by molar-refractivity contribution is -0.157. The summed E-state index contributed by atoms with van der Waals surface area (Å²) in [4.78, 5) is 16.1. The van der Waals surface area contributed by atoms with Crippen LogP contribution in [0.2, 0.25) is 5.22 Å². The third kappa shape index (κ3) is 4.26. The first-order valence-corrected chi connectivity index (χ1v) is 10.0. The van der Waals surface area contributed by atoms with Crippen molar-refractivity contribution in [3.63, 3.8) is 0 Å². The number of carbonyl (C=O) groups is 1. The van der Waals surface area contributed by atoms with E-state index in [0.29, 0.717) is 4.90 Å². The van der Waals surface area contributed by atoms with Crippen LogP contribution in [-0.2, 0) is 15.9 Å². The van der Waals surface area contributed by atoms with Crippen LogP contribution >= 0.6 is 11.6 Å². The van der Waals surface area contributed by atoms with Gasteiger partial charge in [0, 0.05) is 22.3 Å². The second-order valence-electron chi connectivity index (χ2n) is 5.73. The van der Waals surface area contributed by atoms with Crippen LogP contribution < -0.4 is 0 Å². The van der Waals surface area contributed by atoms with E-state index in [1.54, 1.807) is 30.3 Å². The minimum absolute atomic E-state index is 0.116. The summed E-state index contributed by atoms with van der Waals surface area (Å²) in [6, 6.07) is 13.7. The zero-order valence-electron chi connectivity index (χ0n) is 14.2. The standard InChI is InChI=1S/C18H12ClF3N2O3S/c1-28(26,13-5-3-2-4-6-13)24-16(25)12-9-7-11(8-10-12)14-15(19)27-17(23-14)18(20,21)22/h2-10H,1H3. The van der Waals surface area contributed by atoms with Crippen molar-refractivity contribution in [2.45, 2.75) is 11.1 Å². The summed E-state index contributed by atoms with van der Waals surface area (Å²) in [5, 5.41) is -0.517. The SMILES string of the molecule is CS(=O)(=NC(=O)c1ccc(-c2nc(C(F)(F)F)oc2Cl)cc1)c1ccccc1. The third-order valence-corrected chi connectivity index (χ3v) is 5.59. The zero-order chi connectivity index (χ0) is 20.5. The van der Waals surface area contributed by atoms with Gasteiger partial charge < -0.3 is 4.42 Å². The van der Waals surface area contributed by atoms with E-state index in [-0.39, 0.29) is 16.8 Å². The van der Waals surface area contributed by atoms with Gasteiger partial charge in [0.05, 0.1) is 9.73 Å². The fraction of sp³-hybridized carbons (Fsp3) is 0.111. The van der Waals surface area contributed by atoms with Gasteiger partial charge in [-0.25, -0.2) is 9.19 Å². The lowest BCUT2D eigenvalue weighted by Gasteiger charge is -2.04. The molecular weight excluding hydrogens is 417 g/mol. The second-order valence-corrected chi connectivity index (χ2v) is 8.33. The number of carbonyl (C=O) groups excluding carboxylic acids is 1. The molecule has 0 aliphatic heterocycles. The number of halogens is 4. The number of hydrogen-bond donors (Lipinski definition) is 0. The largest absolute Gasteiger partial charge is 0.469 e. The van der Waals surface area contributed by atoms with Crippen molar-refractivity contribution in [3.05, 3.63) is 71.3 Å². The number of aromatic nitrogens is 1. The molecule has 2 aromatic carbocycles. The maximum Gasteiger partial charge on any atom is 0.469 e. The Morgan fingerprint density at radius 2 is 1.71 bits per heavy atom. The number of oxazole rings is 1. The van der Waals surface area contributed by atoms with Crippen molar-refractivity contribution in [3.8, 4) is 11.3 Å². The highest BCUT2D eigenvalue weighted by Crippen LogP contribution is 2.35. The lowest BCUT2D eigenvalue weighted by Crippen LogP contribution is -2.05. The van der Waals surface area contributed by atoms with E-state index in [4.69, 9.17) is 11.6 Å². The molecule has 1 atom stereocenters. The van der Waals surface area contributed by atoms with E-state index in [1.165, 1.54) is 30.5 Å². The highest BCUT2D eigenvalue weighted by Gasteiger charge is 2.38. The Morgan fingerprint density at radius 3 is 2.25 bits per heavy atom. The van der Waals surface area contributed by atoms with Gasteiger partial charge in [-0.1, -0.05) is 30.3 Å². The lowest BCUT2D eigenvalue weighted by atomic mass is 10.1. The molecule has 0 saturated heterocycles. The molecule has 1 heterocycles. The molecule has 10 heteroatoms. The first-order valence-electron chi connectivity index (χ1n) is 7.73. The van der Waals surface area contributed by atoms with Crippen LogP contribution in [0.4, 0.5) is 13.2 Å². The molecule has 0 N–H and O–H groups in total. The maximum atomic E-state index is 12.7. The topological polar surface area (TPSA) is 72.5 Å². The van der Waals surface area contributed by atoms with Gasteiger partial charge >= 0.3 is 12.1 Å². The first kappa shape index (κ1) is 20.1. The molecule has 0 radical (unpaired) electrons. The van der Waals surface area contributed by atoms with Gasteiger partial charge in [-0.15, -0.1) is 0 Å². The average Bonchev–Trinajstić information content (AvgIpc) is 3.04. The van der Waals surface area contributed by atoms with Crippen molar-refractivity contribution < 1.29 is 26.6 Å². The molecule has 0 aliphatic rings. The molecule has 1 amide bonds. The quantitative estimate of drug-likeness (QED) is 0.566. The van der Waals surface area contributed by atoms with Crippen LogP contribution in [-0.4, -0.2) is 21.4 Å². The summed E-state index contributed by atoms with van der Waals surface area (Å²) in [5.41, 5.74) is 0.138. The van der Waals surface area contributed by atoms with Crippen LogP contribution in [0.1, 0.15) is 16.2 Å². The molecule has 3 rings (SSSR count). The fourth-order valence-electron chi connectivity index (χ4n) is 2.31. The number of benzene rings is 2. The number of rotatable bonds is 3. The Labute approximate surface area is 163 Å². The van der Waals surface area contributed by atoms with Gasteiger partial charge in [0.15, 0.2) is 0 Å².